The largest absolute Gasteiger partial charge is 0.390 e. The third kappa shape index (κ3) is 1.83. The number of hydrogen-bond donors (Lipinski definition) is 1. The van der Waals surface area contributed by atoms with Crippen LogP contribution in [0.15, 0.2) is 23.8 Å². The number of aliphatic hydroxyl groups excluding tert-OH is 1. The van der Waals surface area contributed by atoms with Gasteiger partial charge in [0.15, 0.2) is 11.5 Å². The van der Waals surface area contributed by atoms with Gasteiger partial charge in [0.1, 0.15) is 12.0 Å². The normalized spacial score (nSPS) is 54.6. The molecule has 3 fully saturated rings. The van der Waals surface area contributed by atoms with Crippen molar-refractivity contribution in [1.82, 2.24) is 0 Å². The van der Waals surface area contributed by atoms with Crippen LogP contribution in [0, 0.1) is 28.6 Å². The second kappa shape index (κ2) is 4.87. The van der Waals surface area contributed by atoms with E-state index in [0.29, 0.717) is 6.42 Å². The van der Waals surface area contributed by atoms with Gasteiger partial charge in [0.25, 0.3) is 0 Å². The molecule has 3 nitrogen and oxygen atoms in total. The number of hydrogen-bond acceptors (Lipinski definition) is 3. The van der Waals surface area contributed by atoms with Crippen molar-refractivity contribution >= 4 is 11.6 Å². The average Bonchev–Trinajstić information content (AvgIpc) is 2.76. The van der Waals surface area contributed by atoms with E-state index in [1.54, 1.807) is 13.8 Å². The predicted molar refractivity (Wildman–Crippen MR) is 88.2 cm³/mol. The molecule has 0 bridgehead atoms. The minimum absolute atomic E-state index is 0.0508. The van der Waals surface area contributed by atoms with E-state index < -0.39 is 34.7 Å². The van der Waals surface area contributed by atoms with Crippen molar-refractivity contribution < 1.29 is 23.5 Å². The SMILES string of the molecule is CC1CC2C3CC(F)C4=CC(=O)C=CC4(C)C3(F)C(O)CC2(C)C1=O. The number of carbonyl (C=O) groups is 2. The average molecular weight is 350 g/mol. The number of alkyl halides is 2. The molecule has 4 aliphatic carbocycles. The van der Waals surface area contributed by atoms with Gasteiger partial charge in [0.2, 0.25) is 0 Å². The maximum absolute atomic E-state index is 16.6. The maximum Gasteiger partial charge on any atom is 0.178 e. The van der Waals surface area contributed by atoms with Gasteiger partial charge in [-0.05, 0) is 49.8 Å². The highest BCUT2D eigenvalue weighted by Gasteiger charge is 2.72. The summed E-state index contributed by atoms with van der Waals surface area (Å²) in [6, 6.07) is 0. The number of ketones is 2. The van der Waals surface area contributed by atoms with E-state index >= 15 is 4.39 Å². The summed E-state index contributed by atoms with van der Waals surface area (Å²) in [5.74, 6) is -1.53. The van der Waals surface area contributed by atoms with Crippen LogP contribution in [0.2, 0.25) is 0 Å². The highest BCUT2D eigenvalue weighted by Crippen LogP contribution is 2.67. The van der Waals surface area contributed by atoms with Gasteiger partial charge >= 0.3 is 0 Å². The topological polar surface area (TPSA) is 54.4 Å². The fourth-order valence-corrected chi connectivity index (χ4v) is 6.32. The molecule has 4 rings (SSSR count). The Labute approximate surface area is 146 Å². The molecule has 0 aromatic carbocycles. The lowest BCUT2D eigenvalue weighted by molar-refractivity contribution is -0.196. The van der Waals surface area contributed by atoms with Crippen LogP contribution >= 0.6 is 0 Å². The lowest BCUT2D eigenvalue weighted by atomic mass is 9.45. The summed E-state index contributed by atoms with van der Waals surface area (Å²) in [6.07, 6.45) is 1.57. The van der Waals surface area contributed by atoms with E-state index in [0.717, 1.165) is 0 Å². The van der Waals surface area contributed by atoms with Crippen molar-refractivity contribution in [2.24, 2.45) is 28.6 Å². The lowest BCUT2D eigenvalue weighted by Crippen LogP contribution is -2.68. The van der Waals surface area contributed by atoms with Crippen LogP contribution in [0.5, 0.6) is 0 Å². The van der Waals surface area contributed by atoms with E-state index in [1.165, 1.54) is 18.2 Å². The molecule has 5 heteroatoms. The van der Waals surface area contributed by atoms with Crippen LogP contribution in [-0.2, 0) is 9.59 Å². The Balaban J connectivity index is 1.88. The molecule has 0 spiro atoms. The van der Waals surface area contributed by atoms with Crippen molar-refractivity contribution in [3.63, 3.8) is 0 Å². The third-order valence-corrected chi connectivity index (χ3v) is 7.64. The summed E-state index contributed by atoms with van der Waals surface area (Å²) >= 11 is 0. The first-order valence-electron chi connectivity index (χ1n) is 9.06. The zero-order valence-corrected chi connectivity index (χ0v) is 14.8. The summed E-state index contributed by atoms with van der Waals surface area (Å²) < 4.78 is 31.6. The molecule has 0 saturated heterocycles. The van der Waals surface area contributed by atoms with Crippen molar-refractivity contribution in [2.75, 3.05) is 0 Å². The van der Waals surface area contributed by atoms with Gasteiger partial charge in [-0.3, -0.25) is 9.59 Å². The minimum atomic E-state index is -2.08. The van der Waals surface area contributed by atoms with Crippen LogP contribution in [0.1, 0.15) is 40.0 Å². The van der Waals surface area contributed by atoms with Gasteiger partial charge in [0, 0.05) is 22.7 Å². The quantitative estimate of drug-likeness (QED) is 0.730. The number of carbonyl (C=O) groups excluding carboxylic acids is 2. The molecule has 25 heavy (non-hydrogen) atoms. The number of aliphatic hydroxyl groups is 1. The second-order valence-corrected chi connectivity index (χ2v) is 8.86. The predicted octanol–water partition coefficient (Wildman–Crippen LogP) is 3.12. The molecule has 0 aromatic heterocycles. The molecule has 136 valence electrons. The van der Waals surface area contributed by atoms with Crippen molar-refractivity contribution in [3.8, 4) is 0 Å². The Morgan fingerprint density at radius 3 is 2.56 bits per heavy atom. The minimum Gasteiger partial charge on any atom is -0.390 e. The van der Waals surface area contributed by atoms with Gasteiger partial charge in [-0.15, -0.1) is 0 Å². The Bertz CT molecular complexity index is 728. The summed E-state index contributed by atoms with van der Waals surface area (Å²) in [4.78, 5) is 24.4. The van der Waals surface area contributed by atoms with Gasteiger partial charge < -0.3 is 5.11 Å². The Morgan fingerprint density at radius 2 is 1.88 bits per heavy atom. The van der Waals surface area contributed by atoms with Crippen LogP contribution in [0.25, 0.3) is 0 Å². The number of Topliss-reactive ketones (excluding diaryl/α,β-unsaturated/α-hetero) is 1. The molecule has 0 heterocycles. The molecule has 3 saturated carbocycles. The molecule has 4 aliphatic rings. The van der Waals surface area contributed by atoms with Crippen LogP contribution in [0.4, 0.5) is 8.78 Å². The Hall–Kier alpha value is -1.36. The summed E-state index contributed by atoms with van der Waals surface area (Å²) in [6.45, 7) is 5.21. The van der Waals surface area contributed by atoms with Crippen LogP contribution in [0.3, 0.4) is 0 Å². The molecule has 0 amide bonds. The first kappa shape index (κ1) is 17.1. The van der Waals surface area contributed by atoms with Crippen molar-refractivity contribution in [2.45, 2.75) is 58.0 Å². The fraction of sp³-hybridized carbons (Fsp3) is 0.700. The van der Waals surface area contributed by atoms with Crippen LogP contribution in [-0.4, -0.2) is 34.6 Å². The number of fused-ring (bicyclic) bond motifs is 5. The molecule has 0 aromatic rings. The second-order valence-electron chi connectivity index (χ2n) is 8.86. The lowest BCUT2D eigenvalue weighted by Gasteiger charge is -2.61. The van der Waals surface area contributed by atoms with Crippen molar-refractivity contribution in [1.29, 1.82) is 0 Å². The Morgan fingerprint density at radius 1 is 1.20 bits per heavy atom. The van der Waals surface area contributed by atoms with E-state index in [1.807, 2.05) is 6.92 Å². The fourth-order valence-electron chi connectivity index (χ4n) is 6.32. The number of allylic oxidation sites excluding steroid dienone is 4. The Kier molecular flexibility index (Phi) is 3.33. The first-order chi connectivity index (χ1) is 11.6. The molecule has 8 atom stereocenters. The zero-order chi connectivity index (χ0) is 18.4. The number of halogens is 2. The first-order valence-corrected chi connectivity index (χ1v) is 9.06. The smallest absolute Gasteiger partial charge is 0.178 e. The summed E-state index contributed by atoms with van der Waals surface area (Å²) in [5.41, 5.74) is -4.12. The zero-order valence-electron chi connectivity index (χ0n) is 14.8. The summed E-state index contributed by atoms with van der Waals surface area (Å²) in [7, 11) is 0. The monoisotopic (exact) mass is 350 g/mol. The third-order valence-electron chi connectivity index (χ3n) is 7.64. The van der Waals surface area contributed by atoms with E-state index in [4.69, 9.17) is 0 Å². The van der Waals surface area contributed by atoms with E-state index in [9.17, 15) is 19.1 Å². The van der Waals surface area contributed by atoms with Crippen LogP contribution < -0.4 is 0 Å². The molecule has 1 N–H and O–H groups in total. The van der Waals surface area contributed by atoms with Gasteiger partial charge in [-0.25, -0.2) is 8.78 Å². The molecule has 8 unspecified atom stereocenters. The number of rotatable bonds is 0. The molecular weight excluding hydrogens is 326 g/mol. The van der Waals surface area contributed by atoms with Crippen molar-refractivity contribution in [3.05, 3.63) is 23.8 Å². The highest BCUT2D eigenvalue weighted by atomic mass is 19.1. The standard InChI is InChI=1S/C20H24F2O3/c1-10-6-12-13-8-15(21)14-7-11(23)4-5-19(14,3)20(13,22)16(24)9-18(12,2)17(10)25/h4-5,7,10,12-13,15-16,24H,6,8-9H2,1-3H3. The molecule has 0 aliphatic heterocycles. The van der Waals surface area contributed by atoms with Gasteiger partial charge in [0.05, 0.1) is 6.10 Å². The molecule has 0 radical (unpaired) electrons. The van der Waals surface area contributed by atoms with E-state index in [-0.39, 0.29) is 41.8 Å². The maximum atomic E-state index is 16.6. The van der Waals surface area contributed by atoms with E-state index in [2.05, 4.69) is 0 Å². The van der Waals surface area contributed by atoms with Gasteiger partial charge in [-0.1, -0.05) is 19.9 Å². The molecular formula is C20H24F2O3. The summed E-state index contributed by atoms with van der Waals surface area (Å²) in [5, 5.41) is 10.8. The highest BCUT2D eigenvalue weighted by molar-refractivity contribution is 6.01. The van der Waals surface area contributed by atoms with Gasteiger partial charge in [-0.2, -0.15) is 0 Å².